The zero-order valence-electron chi connectivity index (χ0n) is 7.84. The Morgan fingerprint density at radius 1 is 1.67 bits per heavy atom. The number of carbonyl (C=O) groups excluding carboxylic acids is 1. The van der Waals surface area contributed by atoms with Crippen LogP contribution in [0.3, 0.4) is 0 Å². The summed E-state index contributed by atoms with van der Waals surface area (Å²) in [6, 6.07) is 1.08. The van der Waals surface area contributed by atoms with E-state index in [0.717, 1.165) is 13.2 Å². The molecule has 1 aromatic heterocycles. The second-order valence-electron chi connectivity index (χ2n) is 2.65. The van der Waals surface area contributed by atoms with Gasteiger partial charge in [0.1, 0.15) is 0 Å². The molecule has 1 heterocycles. The molecule has 1 aromatic rings. The number of aromatic nitrogens is 1. The van der Waals surface area contributed by atoms with E-state index in [9.17, 15) is 13.6 Å². The molecule has 0 N–H and O–H groups in total. The van der Waals surface area contributed by atoms with E-state index in [1.54, 1.807) is 0 Å². The predicted molar refractivity (Wildman–Crippen MR) is 50.1 cm³/mol. The quantitative estimate of drug-likeness (QED) is 0.597. The lowest BCUT2D eigenvalue weighted by Gasteiger charge is -2.09. The number of alkyl halides is 3. The highest BCUT2D eigenvalue weighted by atomic mass is 35.5. The van der Waals surface area contributed by atoms with Gasteiger partial charge in [0.05, 0.1) is 24.2 Å². The summed E-state index contributed by atoms with van der Waals surface area (Å²) in [5.74, 6) is -0.973. The lowest BCUT2D eigenvalue weighted by atomic mass is 10.1. The third-order valence-corrected chi connectivity index (χ3v) is 2.07. The molecular weight excluding hydrogens is 228 g/mol. The first-order valence-electron chi connectivity index (χ1n) is 4.02. The van der Waals surface area contributed by atoms with Crippen LogP contribution >= 0.6 is 11.6 Å². The minimum atomic E-state index is -2.76. The highest BCUT2D eigenvalue weighted by Crippen LogP contribution is 2.25. The normalized spacial score (nSPS) is 10.5. The van der Waals surface area contributed by atoms with E-state index < -0.39 is 18.0 Å². The Hall–Kier alpha value is -1.23. The molecule has 0 bridgehead atoms. The molecule has 0 aromatic carbocycles. The number of methoxy groups -OCH3 is 1. The maximum atomic E-state index is 12.6. The van der Waals surface area contributed by atoms with Gasteiger partial charge in [0.2, 0.25) is 0 Å². The Labute approximate surface area is 90.0 Å². The molecule has 0 aliphatic carbocycles. The topological polar surface area (TPSA) is 39.2 Å². The van der Waals surface area contributed by atoms with Crippen LogP contribution in [0, 0.1) is 0 Å². The summed E-state index contributed by atoms with van der Waals surface area (Å²) >= 11 is 5.49. The molecule has 0 unspecified atom stereocenters. The van der Waals surface area contributed by atoms with E-state index in [4.69, 9.17) is 11.6 Å². The van der Waals surface area contributed by atoms with Crippen molar-refractivity contribution in [3.63, 3.8) is 0 Å². The van der Waals surface area contributed by atoms with Crippen LogP contribution in [0.5, 0.6) is 0 Å². The summed E-state index contributed by atoms with van der Waals surface area (Å²) < 4.78 is 29.5. The van der Waals surface area contributed by atoms with Gasteiger partial charge >= 0.3 is 5.97 Å². The van der Waals surface area contributed by atoms with Gasteiger partial charge in [-0.2, -0.15) is 0 Å². The summed E-state index contributed by atoms with van der Waals surface area (Å²) in [6.45, 7) is 0. The molecule has 0 spiro atoms. The van der Waals surface area contributed by atoms with E-state index in [1.165, 1.54) is 6.20 Å². The van der Waals surface area contributed by atoms with E-state index in [1.807, 2.05) is 0 Å². The number of pyridine rings is 1. The lowest BCUT2D eigenvalue weighted by molar-refractivity contribution is 0.0587. The summed E-state index contributed by atoms with van der Waals surface area (Å²) in [5, 5.41) is 0. The van der Waals surface area contributed by atoms with Crippen LogP contribution in [-0.4, -0.2) is 18.1 Å². The van der Waals surface area contributed by atoms with Crippen molar-refractivity contribution in [1.82, 2.24) is 4.98 Å². The molecule has 0 saturated heterocycles. The standard InChI is InChI=1S/C9H8ClF2NO2/c1-15-9(14)7-5(8(11)12)2-3-13-6(7)4-10/h2-3,8H,4H2,1H3. The third kappa shape index (κ3) is 2.41. The molecule has 1 rings (SSSR count). The van der Waals surface area contributed by atoms with Crippen molar-refractivity contribution in [2.75, 3.05) is 7.11 Å². The fraction of sp³-hybridized carbons (Fsp3) is 0.333. The van der Waals surface area contributed by atoms with Crippen LogP contribution in [0.1, 0.15) is 28.0 Å². The van der Waals surface area contributed by atoms with Crippen LogP contribution in [0.4, 0.5) is 8.78 Å². The maximum absolute atomic E-state index is 12.6. The van der Waals surface area contributed by atoms with Crippen LogP contribution < -0.4 is 0 Å². The van der Waals surface area contributed by atoms with Gasteiger partial charge in [-0.25, -0.2) is 13.6 Å². The second kappa shape index (κ2) is 5.02. The predicted octanol–water partition coefficient (Wildman–Crippen LogP) is 2.54. The molecule has 0 saturated carbocycles. The molecule has 0 fully saturated rings. The van der Waals surface area contributed by atoms with Gasteiger partial charge in [-0.1, -0.05) is 0 Å². The molecule has 0 atom stereocenters. The zero-order valence-corrected chi connectivity index (χ0v) is 8.59. The fourth-order valence-electron chi connectivity index (χ4n) is 1.14. The Morgan fingerprint density at radius 2 is 2.33 bits per heavy atom. The molecule has 3 nitrogen and oxygen atoms in total. The molecule has 15 heavy (non-hydrogen) atoms. The molecule has 0 aliphatic rings. The van der Waals surface area contributed by atoms with Gasteiger partial charge in [-0.05, 0) is 6.07 Å². The van der Waals surface area contributed by atoms with Gasteiger partial charge < -0.3 is 4.74 Å². The van der Waals surface area contributed by atoms with Crippen LogP contribution in [0.15, 0.2) is 12.3 Å². The van der Waals surface area contributed by atoms with Crippen molar-refractivity contribution >= 4 is 17.6 Å². The van der Waals surface area contributed by atoms with Crippen LogP contribution in [-0.2, 0) is 10.6 Å². The van der Waals surface area contributed by atoms with Crippen LogP contribution in [0.25, 0.3) is 0 Å². The number of ether oxygens (including phenoxy) is 1. The van der Waals surface area contributed by atoms with Gasteiger partial charge in [0.25, 0.3) is 6.43 Å². The Kier molecular flexibility index (Phi) is 3.96. The molecular formula is C9H8ClF2NO2. The van der Waals surface area contributed by atoms with E-state index in [-0.39, 0.29) is 17.1 Å². The second-order valence-corrected chi connectivity index (χ2v) is 2.92. The fourth-order valence-corrected chi connectivity index (χ4v) is 1.35. The average molecular weight is 236 g/mol. The third-order valence-electron chi connectivity index (χ3n) is 1.81. The minimum absolute atomic E-state index is 0.0984. The summed E-state index contributed by atoms with van der Waals surface area (Å²) in [4.78, 5) is 15.0. The Balaban J connectivity index is 3.33. The summed E-state index contributed by atoms with van der Waals surface area (Å²) in [5.41, 5.74) is -0.557. The van der Waals surface area contributed by atoms with Crippen molar-refractivity contribution in [3.8, 4) is 0 Å². The minimum Gasteiger partial charge on any atom is -0.465 e. The number of nitrogens with zero attached hydrogens (tertiary/aromatic N) is 1. The Bertz CT molecular complexity index is 371. The van der Waals surface area contributed by atoms with E-state index in [2.05, 4.69) is 9.72 Å². The van der Waals surface area contributed by atoms with Crippen LogP contribution in [0.2, 0.25) is 0 Å². The van der Waals surface area contributed by atoms with Gasteiger partial charge in [0.15, 0.2) is 0 Å². The SMILES string of the molecule is COC(=O)c1c(C(F)F)ccnc1CCl. The highest BCUT2D eigenvalue weighted by molar-refractivity contribution is 6.17. The number of halogens is 3. The highest BCUT2D eigenvalue weighted by Gasteiger charge is 2.22. The number of carbonyl (C=O) groups is 1. The van der Waals surface area contributed by atoms with Gasteiger partial charge in [-0.3, -0.25) is 4.98 Å². The molecule has 6 heteroatoms. The van der Waals surface area contributed by atoms with Crippen molar-refractivity contribution < 1.29 is 18.3 Å². The van der Waals surface area contributed by atoms with Crippen molar-refractivity contribution in [3.05, 3.63) is 29.1 Å². The van der Waals surface area contributed by atoms with Crippen molar-refractivity contribution in [2.45, 2.75) is 12.3 Å². The average Bonchev–Trinajstić information content (AvgIpc) is 2.26. The zero-order chi connectivity index (χ0) is 11.4. The maximum Gasteiger partial charge on any atom is 0.340 e. The molecule has 0 aliphatic heterocycles. The lowest BCUT2D eigenvalue weighted by Crippen LogP contribution is -2.11. The van der Waals surface area contributed by atoms with Gasteiger partial charge in [-0.15, -0.1) is 11.6 Å². The van der Waals surface area contributed by atoms with E-state index >= 15 is 0 Å². The first kappa shape index (κ1) is 11.8. The largest absolute Gasteiger partial charge is 0.465 e. The number of esters is 1. The molecule has 0 amide bonds. The van der Waals surface area contributed by atoms with Crippen molar-refractivity contribution in [2.24, 2.45) is 0 Å². The number of hydrogen-bond acceptors (Lipinski definition) is 3. The van der Waals surface area contributed by atoms with Gasteiger partial charge in [0, 0.05) is 11.8 Å². The number of rotatable bonds is 3. The monoisotopic (exact) mass is 235 g/mol. The summed E-state index contributed by atoms with van der Waals surface area (Å²) in [6.07, 6.45) is -1.57. The Morgan fingerprint density at radius 3 is 2.80 bits per heavy atom. The smallest absolute Gasteiger partial charge is 0.340 e. The number of hydrogen-bond donors (Lipinski definition) is 0. The summed E-state index contributed by atoms with van der Waals surface area (Å²) in [7, 11) is 1.11. The van der Waals surface area contributed by atoms with E-state index in [0.29, 0.717) is 0 Å². The first-order chi connectivity index (χ1) is 7.11. The first-order valence-corrected chi connectivity index (χ1v) is 4.55. The molecule has 0 radical (unpaired) electrons. The van der Waals surface area contributed by atoms with Crippen molar-refractivity contribution in [1.29, 1.82) is 0 Å². The molecule has 82 valence electrons.